The van der Waals surface area contributed by atoms with Gasteiger partial charge in [0, 0.05) is 17.5 Å². The fraction of sp³-hybridized carbons (Fsp3) is 0.500. The van der Waals surface area contributed by atoms with Crippen molar-refractivity contribution < 1.29 is 5.11 Å². The maximum Gasteiger partial charge on any atom is 0.156 e. The van der Waals surface area contributed by atoms with Gasteiger partial charge < -0.3 is 5.11 Å². The molecular formula is C16H22ClN3O. The lowest BCUT2D eigenvalue weighted by atomic mass is 9.81. The van der Waals surface area contributed by atoms with Crippen molar-refractivity contribution in [2.24, 2.45) is 5.41 Å². The number of rotatable bonds is 5. The van der Waals surface area contributed by atoms with Crippen LogP contribution < -0.4 is 0 Å². The predicted octanol–water partition coefficient (Wildman–Crippen LogP) is 3.30. The van der Waals surface area contributed by atoms with Gasteiger partial charge in [-0.3, -0.25) is 4.68 Å². The van der Waals surface area contributed by atoms with Crippen molar-refractivity contribution in [2.45, 2.75) is 39.7 Å². The van der Waals surface area contributed by atoms with Crippen LogP contribution in [0.25, 0.3) is 0 Å². The second kappa shape index (κ2) is 6.58. The molecule has 2 rings (SSSR count). The Balaban J connectivity index is 2.01. The van der Waals surface area contributed by atoms with Crippen molar-refractivity contribution >= 4 is 11.6 Å². The van der Waals surface area contributed by atoms with E-state index in [1.807, 2.05) is 28.9 Å². The van der Waals surface area contributed by atoms with E-state index in [-0.39, 0.29) is 17.9 Å². The summed E-state index contributed by atoms with van der Waals surface area (Å²) in [4.78, 5) is 4.35. The first-order valence-corrected chi connectivity index (χ1v) is 7.52. The summed E-state index contributed by atoms with van der Waals surface area (Å²) in [6.45, 7) is 7.08. The smallest absolute Gasteiger partial charge is 0.156 e. The van der Waals surface area contributed by atoms with E-state index in [0.29, 0.717) is 5.82 Å². The lowest BCUT2D eigenvalue weighted by molar-refractivity contribution is 0.180. The molecule has 114 valence electrons. The Morgan fingerprint density at radius 2 is 1.90 bits per heavy atom. The van der Waals surface area contributed by atoms with Gasteiger partial charge in [0.25, 0.3) is 0 Å². The van der Waals surface area contributed by atoms with Crippen LogP contribution in [0.15, 0.2) is 30.6 Å². The van der Waals surface area contributed by atoms with Gasteiger partial charge in [-0.1, -0.05) is 44.5 Å². The minimum atomic E-state index is -0.0584. The molecule has 1 heterocycles. The molecule has 0 radical (unpaired) electrons. The third kappa shape index (κ3) is 4.29. The Kier molecular flexibility index (Phi) is 5.01. The highest BCUT2D eigenvalue weighted by Crippen LogP contribution is 2.32. The normalized spacial score (nSPS) is 13.4. The zero-order valence-corrected chi connectivity index (χ0v) is 13.5. The number of benzene rings is 1. The average molecular weight is 308 g/mol. The molecule has 1 unspecified atom stereocenters. The van der Waals surface area contributed by atoms with Gasteiger partial charge in [-0.25, -0.2) is 4.98 Å². The molecule has 4 nitrogen and oxygen atoms in total. The summed E-state index contributed by atoms with van der Waals surface area (Å²) in [6, 6.07) is 7.83. The number of aryl methyl sites for hydroxylation is 2. The van der Waals surface area contributed by atoms with Gasteiger partial charge in [-0.2, -0.15) is 5.10 Å². The van der Waals surface area contributed by atoms with Gasteiger partial charge in [0.1, 0.15) is 6.33 Å². The predicted molar refractivity (Wildman–Crippen MR) is 84.5 cm³/mol. The van der Waals surface area contributed by atoms with Crippen LogP contribution in [-0.2, 0) is 13.0 Å². The molecule has 0 fully saturated rings. The summed E-state index contributed by atoms with van der Waals surface area (Å²) in [6.07, 6.45) is 2.61. The molecule has 0 aliphatic heterocycles. The third-order valence-electron chi connectivity index (χ3n) is 3.64. The number of aliphatic hydroxyl groups is 1. The largest absolute Gasteiger partial charge is 0.396 e. The zero-order valence-electron chi connectivity index (χ0n) is 12.8. The average Bonchev–Trinajstić information content (AvgIpc) is 2.86. The van der Waals surface area contributed by atoms with Crippen LogP contribution in [-0.4, -0.2) is 26.5 Å². The number of halogens is 1. The molecule has 0 amide bonds. The maximum atomic E-state index is 9.56. The second-order valence-corrected chi connectivity index (χ2v) is 6.78. The Bertz CT molecular complexity index is 572. The maximum absolute atomic E-state index is 9.56. The summed E-state index contributed by atoms with van der Waals surface area (Å²) < 4.78 is 1.83. The van der Waals surface area contributed by atoms with E-state index in [1.165, 1.54) is 5.56 Å². The Hall–Kier alpha value is -1.39. The molecule has 1 aromatic heterocycles. The molecule has 1 N–H and O–H groups in total. The minimum Gasteiger partial charge on any atom is -0.396 e. The van der Waals surface area contributed by atoms with Gasteiger partial charge in [0.2, 0.25) is 0 Å². The van der Waals surface area contributed by atoms with Gasteiger partial charge >= 0.3 is 0 Å². The first kappa shape index (κ1) is 16.0. The lowest BCUT2D eigenvalue weighted by Crippen LogP contribution is -2.23. The summed E-state index contributed by atoms with van der Waals surface area (Å²) in [5.41, 5.74) is 1.16. The molecule has 21 heavy (non-hydrogen) atoms. The van der Waals surface area contributed by atoms with Crippen molar-refractivity contribution in [2.75, 3.05) is 6.61 Å². The van der Waals surface area contributed by atoms with Crippen LogP contribution in [0.2, 0.25) is 5.02 Å². The minimum absolute atomic E-state index is 0.0470. The quantitative estimate of drug-likeness (QED) is 0.922. The topological polar surface area (TPSA) is 50.9 Å². The van der Waals surface area contributed by atoms with E-state index in [9.17, 15) is 5.11 Å². The van der Waals surface area contributed by atoms with Gasteiger partial charge in [-0.15, -0.1) is 0 Å². The van der Waals surface area contributed by atoms with Crippen LogP contribution in [0.5, 0.6) is 0 Å². The fourth-order valence-electron chi connectivity index (χ4n) is 2.21. The molecular weight excluding hydrogens is 286 g/mol. The standard InChI is InChI=1S/C16H22ClN3O/c1-16(2,3)14(10-21)15-18-11-20(19-15)9-8-12-4-6-13(17)7-5-12/h4-7,11,14,21H,8-10H2,1-3H3. The molecule has 0 saturated carbocycles. The number of aliphatic hydroxyl groups excluding tert-OH is 1. The van der Waals surface area contributed by atoms with Crippen molar-refractivity contribution in [1.29, 1.82) is 0 Å². The fourth-order valence-corrected chi connectivity index (χ4v) is 2.34. The Morgan fingerprint density at radius 3 is 2.48 bits per heavy atom. The highest BCUT2D eigenvalue weighted by Gasteiger charge is 2.28. The van der Waals surface area contributed by atoms with Gasteiger partial charge in [0.05, 0.1) is 6.61 Å². The first-order valence-electron chi connectivity index (χ1n) is 7.15. The highest BCUT2D eigenvalue weighted by molar-refractivity contribution is 6.30. The number of hydrogen-bond donors (Lipinski definition) is 1. The molecule has 0 saturated heterocycles. The molecule has 5 heteroatoms. The highest BCUT2D eigenvalue weighted by atomic mass is 35.5. The van der Waals surface area contributed by atoms with Crippen molar-refractivity contribution in [3.05, 3.63) is 47.0 Å². The number of hydrogen-bond acceptors (Lipinski definition) is 3. The first-order chi connectivity index (χ1) is 9.90. The lowest BCUT2D eigenvalue weighted by Gasteiger charge is -2.26. The van der Waals surface area contributed by atoms with Crippen molar-refractivity contribution in [1.82, 2.24) is 14.8 Å². The molecule has 0 bridgehead atoms. The SMILES string of the molecule is CC(C)(C)C(CO)c1ncn(CCc2ccc(Cl)cc2)n1. The van der Waals surface area contributed by atoms with Crippen LogP contribution in [0.3, 0.4) is 0 Å². The summed E-state index contributed by atoms with van der Waals surface area (Å²) >= 11 is 5.87. The van der Waals surface area contributed by atoms with E-state index in [4.69, 9.17) is 11.6 Å². The van der Waals surface area contributed by atoms with Crippen LogP contribution in [0.1, 0.15) is 38.1 Å². The van der Waals surface area contributed by atoms with Gasteiger partial charge in [0.15, 0.2) is 5.82 Å². The summed E-state index contributed by atoms with van der Waals surface area (Å²) in [5.74, 6) is 0.662. The van der Waals surface area contributed by atoms with E-state index >= 15 is 0 Å². The van der Waals surface area contributed by atoms with Crippen LogP contribution in [0.4, 0.5) is 0 Å². The summed E-state index contributed by atoms with van der Waals surface area (Å²) in [5, 5.41) is 14.8. The molecule has 0 spiro atoms. The zero-order chi connectivity index (χ0) is 15.5. The Morgan fingerprint density at radius 1 is 1.24 bits per heavy atom. The summed E-state index contributed by atoms with van der Waals surface area (Å²) in [7, 11) is 0. The number of aromatic nitrogens is 3. The number of nitrogens with zero attached hydrogens (tertiary/aromatic N) is 3. The van der Waals surface area contributed by atoms with E-state index in [2.05, 4.69) is 30.9 Å². The monoisotopic (exact) mass is 307 g/mol. The van der Waals surface area contributed by atoms with Crippen LogP contribution >= 0.6 is 11.6 Å². The van der Waals surface area contributed by atoms with Crippen molar-refractivity contribution in [3.63, 3.8) is 0 Å². The van der Waals surface area contributed by atoms with Gasteiger partial charge in [-0.05, 0) is 29.5 Å². The Labute approximate surface area is 130 Å². The van der Waals surface area contributed by atoms with E-state index < -0.39 is 0 Å². The molecule has 2 aromatic rings. The van der Waals surface area contributed by atoms with Crippen molar-refractivity contribution in [3.8, 4) is 0 Å². The van der Waals surface area contributed by atoms with Crippen LogP contribution in [0, 0.1) is 5.41 Å². The molecule has 0 aliphatic carbocycles. The second-order valence-electron chi connectivity index (χ2n) is 6.34. The van der Waals surface area contributed by atoms with E-state index in [0.717, 1.165) is 18.0 Å². The molecule has 0 aliphatic rings. The van der Waals surface area contributed by atoms with E-state index in [1.54, 1.807) is 6.33 Å². The third-order valence-corrected chi connectivity index (χ3v) is 3.89. The molecule has 1 aromatic carbocycles. The molecule has 1 atom stereocenters.